The number of aryl methyl sites for hydroxylation is 2. The summed E-state index contributed by atoms with van der Waals surface area (Å²) in [6.07, 6.45) is 5.56. The minimum absolute atomic E-state index is 0.0783. The molecule has 1 spiro atoms. The fourth-order valence-corrected chi connectivity index (χ4v) is 4.07. The van der Waals surface area contributed by atoms with Crippen molar-refractivity contribution >= 4 is 11.9 Å². The lowest BCUT2D eigenvalue weighted by atomic mass is 9.68. The zero-order valence-electron chi connectivity index (χ0n) is 12.8. The summed E-state index contributed by atoms with van der Waals surface area (Å²) in [5, 5.41) is 9.64. The van der Waals surface area contributed by atoms with Gasteiger partial charge < -0.3 is 10.0 Å². The van der Waals surface area contributed by atoms with Gasteiger partial charge in [-0.25, -0.2) is 9.97 Å². The molecule has 1 aromatic heterocycles. The number of anilines is 1. The molecule has 0 bridgehead atoms. The molecular weight excluding hydrogens is 266 g/mol. The maximum absolute atomic E-state index is 11.7. The number of hydrogen-bond donors (Lipinski definition) is 1. The summed E-state index contributed by atoms with van der Waals surface area (Å²) in [6.45, 7) is 5.24. The highest BCUT2D eigenvalue weighted by Gasteiger charge is 2.51. The predicted octanol–water partition coefficient (Wildman–Crippen LogP) is 2.56. The molecule has 114 valence electrons. The van der Waals surface area contributed by atoms with E-state index in [1.54, 1.807) is 0 Å². The molecule has 3 rings (SSSR count). The summed E-state index contributed by atoms with van der Waals surface area (Å²) < 4.78 is 0. The van der Waals surface area contributed by atoms with E-state index in [1.807, 2.05) is 19.9 Å². The van der Waals surface area contributed by atoms with Gasteiger partial charge in [0.1, 0.15) is 0 Å². The van der Waals surface area contributed by atoms with Gasteiger partial charge in [-0.05, 0) is 32.8 Å². The number of carboxylic acid groups (broad SMARTS) is 1. The van der Waals surface area contributed by atoms with Crippen molar-refractivity contribution in [2.24, 2.45) is 11.3 Å². The average molecular weight is 289 g/mol. The van der Waals surface area contributed by atoms with Gasteiger partial charge in [0.05, 0.1) is 5.92 Å². The SMILES string of the molecule is Cc1cc(C)nc(N2CC(C(=O)O)C3(CCCCC3)C2)n1. The highest BCUT2D eigenvalue weighted by Crippen LogP contribution is 2.48. The lowest BCUT2D eigenvalue weighted by Gasteiger charge is -2.36. The topological polar surface area (TPSA) is 66.3 Å². The second kappa shape index (κ2) is 5.28. The van der Waals surface area contributed by atoms with E-state index in [1.165, 1.54) is 6.42 Å². The average Bonchev–Trinajstić information content (AvgIpc) is 2.78. The zero-order valence-corrected chi connectivity index (χ0v) is 12.8. The van der Waals surface area contributed by atoms with Gasteiger partial charge in [-0.15, -0.1) is 0 Å². The minimum atomic E-state index is -0.663. The number of hydrogen-bond acceptors (Lipinski definition) is 4. The molecule has 1 aliphatic heterocycles. The second-order valence-corrected chi connectivity index (χ2v) is 6.65. The minimum Gasteiger partial charge on any atom is -0.481 e. The van der Waals surface area contributed by atoms with Crippen LogP contribution in [0.15, 0.2) is 6.07 Å². The fourth-order valence-electron chi connectivity index (χ4n) is 4.07. The van der Waals surface area contributed by atoms with Gasteiger partial charge in [0, 0.05) is 29.9 Å². The van der Waals surface area contributed by atoms with Crippen molar-refractivity contribution in [1.82, 2.24) is 9.97 Å². The molecule has 0 radical (unpaired) electrons. The Morgan fingerprint density at radius 1 is 1.24 bits per heavy atom. The highest BCUT2D eigenvalue weighted by molar-refractivity contribution is 5.73. The Hall–Kier alpha value is -1.65. The molecule has 5 heteroatoms. The van der Waals surface area contributed by atoms with Crippen LogP contribution in [0.1, 0.15) is 43.5 Å². The summed E-state index contributed by atoms with van der Waals surface area (Å²) in [5.41, 5.74) is 1.80. The lowest BCUT2D eigenvalue weighted by molar-refractivity contribution is -0.145. The van der Waals surface area contributed by atoms with Crippen molar-refractivity contribution in [3.05, 3.63) is 17.5 Å². The molecular formula is C16H23N3O2. The van der Waals surface area contributed by atoms with Crippen LogP contribution in [0.2, 0.25) is 0 Å². The third-order valence-corrected chi connectivity index (χ3v) is 5.05. The number of carboxylic acids is 1. The third kappa shape index (κ3) is 2.61. The molecule has 1 aliphatic carbocycles. The quantitative estimate of drug-likeness (QED) is 0.906. The van der Waals surface area contributed by atoms with Gasteiger partial charge in [0.2, 0.25) is 5.95 Å². The summed E-state index contributed by atoms with van der Waals surface area (Å²) in [7, 11) is 0. The van der Waals surface area contributed by atoms with Crippen molar-refractivity contribution in [3.8, 4) is 0 Å². The number of nitrogens with zero attached hydrogens (tertiary/aromatic N) is 3. The molecule has 1 unspecified atom stereocenters. The molecule has 5 nitrogen and oxygen atoms in total. The summed E-state index contributed by atoms with van der Waals surface area (Å²) in [6, 6.07) is 1.95. The maximum atomic E-state index is 11.7. The Balaban J connectivity index is 1.90. The molecule has 21 heavy (non-hydrogen) atoms. The van der Waals surface area contributed by atoms with Gasteiger partial charge in [-0.1, -0.05) is 19.3 Å². The molecule has 1 atom stereocenters. The van der Waals surface area contributed by atoms with Crippen LogP contribution in [0.5, 0.6) is 0 Å². The molecule has 2 fully saturated rings. The van der Waals surface area contributed by atoms with Crippen LogP contribution in [-0.4, -0.2) is 34.1 Å². The number of rotatable bonds is 2. The largest absolute Gasteiger partial charge is 0.481 e. The summed E-state index contributed by atoms with van der Waals surface area (Å²) in [4.78, 5) is 22.8. The van der Waals surface area contributed by atoms with Crippen molar-refractivity contribution in [2.75, 3.05) is 18.0 Å². The van der Waals surface area contributed by atoms with Gasteiger partial charge in [0.25, 0.3) is 0 Å². The number of aliphatic carboxylic acids is 1. The van der Waals surface area contributed by atoms with Crippen molar-refractivity contribution in [3.63, 3.8) is 0 Å². The van der Waals surface area contributed by atoms with E-state index in [4.69, 9.17) is 0 Å². The Bertz CT molecular complexity index is 532. The standard InChI is InChI=1S/C16H23N3O2/c1-11-8-12(2)18-15(17-11)19-9-13(14(20)21)16(10-19)6-4-3-5-7-16/h8,13H,3-7,9-10H2,1-2H3,(H,20,21). The normalized spacial score (nSPS) is 24.5. The van der Waals surface area contributed by atoms with Gasteiger partial charge in [-0.2, -0.15) is 0 Å². The van der Waals surface area contributed by atoms with E-state index in [2.05, 4.69) is 14.9 Å². The first-order chi connectivity index (χ1) is 10.00. The van der Waals surface area contributed by atoms with Crippen LogP contribution in [0, 0.1) is 25.2 Å². The van der Waals surface area contributed by atoms with Crippen LogP contribution >= 0.6 is 0 Å². The zero-order chi connectivity index (χ0) is 15.0. The van der Waals surface area contributed by atoms with Gasteiger partial charge in [0.15, 0.2) is 0 Å². The number of aromatic nitrogens is 2. The summed E-state index contributed by atoms with van der Waals surface area (Å²) in [5.74, 6) is -0.257. The van der Waals surface area contributed by atoms with E-state index in [0.29, 0.717) is 12.5 Å². The monoisotopic (exact) mass is 289 g/mol. The van der Waals surface area contributed by atoms with E-state index in [9.17, 15) is 9.90 Å². The van der Waals surface area contributed by atoms with Crippen LogP contribution in [-0.2, 0) is 4.79 Å². The predicted molar refractivity (Wildman–Crippen MR) is 80.4 cm³/mol. The van der Waals surface area contributed by atoms with Crippen molar-refractivity contribution < 1.29 is 9.90 Å². The fraction of sp³-hybridized carbons (Fsp3) is 0.688. The molecule has 1 aromatic rings. The van der Waals surface area contributed by atoms with Crippen molar-refractivity contribution in [2.45, 2.75) is 46.0 Å². The molecule has 0 amide bonds. The Morgan fingerprint density at radius 2 is 1.86 bits per heavy atom. The Kier molecular flexibility index (Phi) is 3.59. The van der Waals surface area contributed by atoms with E-state index in [0.717, 1.165) is 43.6 Å². The maximum Gasteiger partial charge on any atom is 0.308 e. The molecule has 1 saturated heterocycles. The Morgan fingerprint density at radius 3 is 2.43 bits per heavy atom. The van der Waals surface area contributed by atoms with Gasteiger partial charge in [-0.3, -0.25) is 4.79 Å². The van der Waals surface area contributed by atoms with E-state index >= 15 is 0 Å². The molecule has 1 saturated carbocycles. The number of carbonyl (C=O) groups is 1. The van der Waals surface area contributed by atoms with E-state index < -0.39 is 5.97 Å². The Labute approximate surface area is 125 Å². The first kappa shape index (κ1) is 14.3. The van der Waals surface area contributed by atoms with Crippen LogP contribution in [0.4, 0.5) is 5.95 Å². The highest BCUT2D eigenvalue weighted by atomic mass is 16.4. The van der Waals surface area contributed by atoms with Crippen LogP contribution in [0.25, 0.3) is 0 Å². The third-order valence-electron chi connectivity index (χ3n) is 5.05. The van der Waals surface area contributed by atoms with Gasteiger partial charge >= 0.3 is 5.97 Å². The smallest absolute Gasteiger partial charge is 0.308 e. The first-order valence-electron chi connectivity index (χ1n) is 7.80. The van der Waals surface area contributed by atoms with Crippen LogP contribution < -0.4 is 4.90 Å². The lowest BCUT2D eigenvalue weighted by Crippen LogP contribution is -2.36. The molecule has 2 heterocycles. The van der Waals surface area contributed by atoms with Crippen LogP contribution in [0.3, 0.4) is 0 Å². The summed E-state index contributed by atoms with van der Waals surface area (Å²) >= 11 is 0. The molecule has 2 aliphatic rings. The second-order valence-electron chi connectivity index (χ2n) is 6.65. The molecule has 0 aromatic carbocycles. The van der Waals surface area contributed by atoms with Crippen molar-refractivity contribution in [1.29, 1.82) is 0 Å². The molecule has 1 N–H and O–H groups in total. The first-order valence-corrected chi connectivity index (χ1v) is 7.80. The van der Waals surface area contributed by atoms with E-state index in [-0.39, 0.29) is 11.3 Å².